The Labute approximate surface area is 164 Å². The number of amides is 1. The van der Waals surface area contributed by atoms with E-state index in [0.29, 0.717) is 11.5 Å². The molecule has 1 heterocycles. The number of thiophene rings is 1. The van der Waals surface area contributed by atoms with Gasteiger partial charge < -0.3 is 10.1 Å². The topological polar surface area (TPSA) is 55.4 Å². The summed E-state index contributed by atoms with van der Waals surface area (Å²) in [7, 11) is 0. The van der Waals surface area contributed by atoms with Gasteiger partial charge >= 0.3 is 5.97 Å². The predicted octanol–water partition coefficient (Wildman–Crippen LogP) is 4.79. The number of hydrogen-bond donors (Lipinski definition) is 1. The minimum absolute atomic E-state index is 0.263. The zero-order chi connectivity index (χ0) is 19.4. The minimum atomic E-state index is -0.392. The van der Waals surface area contributed by atoms with E-state index in [1.54, 1.807) is 11.3 Å². The van der Waals surface area contributed by atoms with Crippen molar-refractivity contribution in [2.45, 2.75) is 52.9 Å². The molecule has 1 aliphatic rings. The summed E-state index contributed by atoms with van der Waals surface area (Å²) in [5, 5.41) is 4.82. The van der Waals surface area contributed by atoms with Gasteiger partial charge in [0.2, 0.25) is 0 Å². The fourth-order valence-corrected chi connectivity index (χ4v) is 4.87. The van der Waals surface area contributed by atoms with Crippen molar-refractivity contribution in [1.29, 1.82) is 0 Å². The molecule has 0 aliphatic heterocycles. The maximum atomic E-state index is 12.5. The molecule has 0 saturated carbocycles. The van der Waals surface area contributed by atoms with E-state index in [1.165, 1.54) is 4.88 Å². The minimum Gasteiger partial charge on any atom is -0.452 e. The molecule has 144 valence electrons. The average Bonchev–Trinajstić information content (AvgIpc) is 3.09. The summed E-state index contributed by atoms with van der Waals surface area (Å²) >= 11 is 1.63. The van der Waals surface area contributed by atoms with Gasteiger partial charge in [-0.2, -0.15) is 0 Å². The predicted molar refractivity (Wildman–Crippen MR) is 110 cm³/mol. The molecule has 0 fully saturated rings. The summed E-state index contributed by atoms with van der Waals surface area (Å²) in [5.41, 5.74) is 4.79. The maximum absolute atomic E-state index is 12.5. The number of ether oxygens (including phenoxy) is 1. The smallest absolute Gasteiger partial charge is 0.339 e. The molecule has 5 heteroatoms. The van der Waals surface area contributed by atoms with Crippen LogP contribution >= 0.6 is 11.3 Å². The lowest BCUT2D eigenvalue weighted by atomic mass is 9.88. The molecular weight excluding hydrogens is 358 g/mol. The molecule has 1 atom stereocenters. The van der Waals surface area contributed by atoms with Crippen LogP contribution < -0.4 is 5.32 Å². The van der Waals surface area contributed by atoms with E-state index in [2.05, 4.69) is 26.1 Å². The van der Waals surface area contributed by atoms with Gasteiger partial charge in [0, 0.05) is 15.9 Å². The van der Waals surface area contributed by atoms with E-state index in [-0.39, 0.29) is 12.5 Å². The zero-order valence-corrected chi connectivity index (χ0v) is 17.1. The monoisotopic (exact) mass is 385 g/mol. The van der Waals surface area contributed by atoms with E-state index in [4.69, 9.17) is 4.74 Å². The van der Waals surface area contributed by atoms with Gasteiger partial charge in [-0.05, 0) is 54.7 Å². The number of hydrogen-bond acceptors (Lipinski definition) is 4. The molecule has 1 aliphatic carbocycles. The van der Waals surface area contributed by atoms with E-state index in [9.17, 15) is 9.59 Å². The van der Waals surface area contributed by atoms with E-state index in [1.807, 2.05) is 23.6 Å². The van der Waals surface area contributed by atoms with Crippen LogP contribution in [0.5, 0.6) is 0 Å². The van der Waals surface area contributed by atoms with Gasteiger partial charge in [0.1, 0.15) is 0 Å². The quantitative estimate of drug-likeness (QED) is 0.727. The number of para-hydroxylation sites is 1. The standard InChI is InChI=1S/C22H27NO3S/c1-4-15-7-6-8-16(5-2)21(15)23-20(24)12-26-22(25)18-13-27-19-11-14(3)9-10-17(18)19/h6-8,13-14H,4-5,9-12H2,1-3H3,(H,23,24). The largest absolute Gasteiger partial charge is 0.452 e. The second-order valence-electron chi connectivity index (χ2n) is 7.18. The third-order valence-electron chi connectivity index (χ3n) is 5.22. The number of carbonyl (C=O) groups is 2. The van der Waals surface area contributed by atoms with Crippen LogP contribution in [0.25, 0.3) is 0 Å². The Morgan fingerprint density at radius 2 is 1.93 bits per heavy atom. The summed E-state index contributed by atoms with van der Waals surface area (Å²) in [6.07, 6.45) is 4.71. The zero-order valence-electron chi connectivity index (χ0n) is 16.3. The molecule has 1 amide bonds. The Hall–Kier alpha value is -2.14. The van der Waals surface area contributed by atoms with Crippen LogP contribution in [0.1, 0.15) is 59.1 Å². The number of carbonyl (C=O) groups excluding carboxylic acids is 2. The van der Waals surface area contributed by atoms with E-state index < -0.39 is 5.97 Å². The summed E-state index contributed by atoms with van der Waals surface area (Å²) in [4.78, 5) is 26.1. The molecule has 0 bridgehead atoms. The molecule has 0 radical (unpaired) electrons. The van der Waals surface area contributed by atoms with E-state index in [0.717, 1.165) is 54.5 Å². The third-order valence-corrected chi connectivity index (χ3v) is 6.27. The Balaban J connectivity index is 1.63. The normalized spacial score (nSPS) is 15.9. The SMILES string of the molecule is CCc1cccc(CC)c1NC(=O)COC(=O)c1csc2c1CCC(C)C2. The fourth-order valence-electron chi connectivity index (χ4n) is 3.64. The molecule has 4 nitrogen and oxygen atoms in total. The van der Waals surface area contributed by atoms with Gasteiger partial charge in [0.25, 0.3) is 5.91 Å². The van der Waals surface area contributed by atoms with Crippen molar-refractivity contribution in [1.82, 2.24) is 0 Å². The van der Waals surface area contributed by atoms with Crippen molar-refractivity contribution in [3.05, 3.63) is 50.7 Å². The highest BCUT2D eigenvalue weighted by Gasteiger charge is 2.24. The molecule has 27 heavy (non-hydrogen) atoms. The number of anilines is 1. The van der Waals surface area contributed by atoms with E-state index >= 15 is 0 Å². The van der Waals surface area contributed by atoms with Gasteiger partial charge in [-0.1, -0.05) is 39.0 Å². The highest BCUT2D eigenvalue weighted by molar-refractivity contribution is 7.10. The second-order valence-corrected chi connectivity index (χ2v) is 8.15. The lowest BCUT2D eigenvalue weighted by Gasteiger charge is -2.18. The fraction of sp³-hybridized carbons (Fsp3) is 0.455. The average molecular weight is 386 g/mol. The maximum Gasteiger partial charge on any atom is 0.339 e. The molecule has 0 spiro atoms. The van der Waals surface area contributed by atoms with Gasteiger partial charge in [-0.25, -0.2) is 4.79 Å². The summed E-state index contributed by atoms with van der Waals surface area (Å²) in [6, 6.07) is 6.03. The Bertz CT molecular complexity index is 818. The highest BCUT2D eigenvalue weighted by atomic mass is 32.1. The van der Waals surface area contributed by atoms with Crippen molar-refractivity contribution in [2.24, 2.45) is 5.92 Å². The number of rotatable bonds is 6. The van der Waals surface area contributed by atoms with Crippen LogP contribution in [0.15, 0.2) is 23.6 Å². The molecule has 1 aromatic carbocycles. The number of benzene rings is 1. The van der Waals surface area contributed by atoms with Crippen molar-refractivity contribution in [2.75, 3.05) is 11.9 Å². The third kappa shape index (κ3) is 4.41. The van der Waals surface area contributed by atoms with Crippen LogP contribution in [0.4, 0.5) is 5.69 Å². The second kappa shape index (κ2) is 8.70. The molecule has 3 rings (SSSR count). The van der Waals surface area contributed by atoms with Crippen LogP contribution in [0.2, 0.25) is 0 Å². The van der Waals surface area contributed by atoms with Gasteiger partial charge in [-0.3, -0.25) is 4.79 Å². The molecule has 0 saturated heterocycles. The van der Waals surface area contributed by atoms with Crippen LogP contribution in [-0.4, -0.2) is 18.5 Å². The number of esters is 1. The van der Waals surface area contributed by atoms with Gasteiger partial charge in [0.05, 0.1) is 5.56 Å². The molecule has 1 N–H and O–H groups in total. The van der Waals surface area contributed by atoms with Crippen molar-refractivity contribution in [3.63, 3.8) is 0 Å². The molecule has 1 aromatic heterocycles. The number of aryl methyl sites for hydroxylation is 2. The first-order valence-corrected chi connectivity index (χ1v) is 10.6. The highest BCUT2D eigenvalue weighted by Crippen LogP contribution is 2.33. The van der Waals surface area contributed by atoms with Crippen LogP contribution in [0, 0.1) is 5.92 Å². The number of fused-ring (bicyclic) bond motifs is 1. The summed E-state index contributed by atoms with van der Waals surface area (Å²) in [6.45, 7) is 6.10. The number of nitrogens with one attached hydrogen (secondary N) is 1. The first-order valence-electron chi connectivity index (χ1n) is 9.70. The van der Waals surface area contributed by atoms with Gasteiger partial charge in [0.15, 0.2) is 6.61 Å². The Kier molecular flexibility index (Phi) is 6.32. The van der Waals surface area contributed by atoms with Crippen molar-refractivity contribution < 1.29 is 14.3 Å². The molecular formula is C22H27NO3S. The summed E-state index contributed by atoms with van der Waals surface area (Å²) in [5.74, 6) is -0.0226. The van der Waals surface area contributed by atoms with Gasteiger partial charge in [-0.15, -0.1) is 11.3 Å². The first kappa shape index (κ1) is 19.6. The van der Waals surface area contributed by atoms with Crippen molar-refractivity contribution in [3.8, 4) is 0 Å². The lowest BCUT2D eigenvalue weighted by molar-refractivity contribution is -0.119. The first-order chi connectivity index (χ1) is 13.0. The van der Waals surface area contributed by atoms with Crippen LogP contribution in [-0.2, 0) is 35.2 Å². The molecule has 1 unspecified atom stereocenters. The lowest BCUT2D eigenvalue weighted by Crippen LogP contribution is -2.23. The van der Waals surface area contributed by atoms with Crippen molar-refractivity contribution >= 4 is 28.9 Å². The Morgan fingerprint density at radius 1 is 1.22 bits per heavy atom. The Morgan fingerprint density at radius 3 is 2.59 bits per heavy atom. The van der Waals surface area contributed by atoms with Crippen LogP contribution in [0.3, 0.4) is 0 Å². The summed E-state index contributed by atoms with van der Waals surface area (Å²) < 4.78 is 5.32. The molecule has 2 aromatic rings.